The molecule has 3 aliphatic heterocycles. The van der Waals surface area contributed by atoms with E-state index in [9.17, 15) is 0 Å². The average molecular weight is 1460 g/mol. The Morgan fingerprint density at radius 1 is 0.524 bits per heavy atom. The number of hydrogen-bond acceptors (Lipinski definition) is 24. The zero-order valence-corrected chi connectivity index (χ0v) is 65.6. The summed E-state index contributed by atoms with van der Waals surface area (Å²) in [5, 5.41) is 18.5. The van der Waals surface area contributed by atoms with Crippen molar-refractivity contribution in [3.8, 4) is 0 Å². The van der Waals surface area contributed by atoms with Crippen molar-refractivity contribution >= 4 is 97.3 Å². The van der Waals surface area contributed by atoms with Crippen LogP contribution >= 0.6 is 0 Å². The lowest BCUT2D eigenvalue weighted by Crippen LogP contribution is -2.50. The first kappa shape index (κ1) is 86.1. The molecular formula is C74H136N30O+6. The Balaban J connectivity index is 0.000000227. The van der Waals surface area contributed by atoms with E-state index in [-0.39, 0.29) is 6.61 Å². The van der Waals surface area contributed by atoms with Gasteiger partial charge in [0.15, 0.2) is 11.6 Å². The Labute approximate surface area is 626 Å². The maximum Gasteiger partial charge on any atom is 0.243 e. The molecule has 10 rings (SSSR count). The fourth-order valence-corrected chi connectivity index (χ4v) is 12.4. The van der Waals surface area contributed by atoms with E-state index in [0.717, 1.165) is 131 Å². The molecule has 0 spiro atoms. The summed E-state index contributed by atoms with van der Waals surface area (Å²) in [6.07, 6.45) is 29.5. The van der Waals surface area contributed by atoms with Gasteiger partial charge in [-0.2, -0.15) is 0 Å². The van der Waals surface area contributed by atoms with Crippen molar-refractivity contribution in [3.63, 3.8) is 0 Å². The highest BCUT2D eigenvalue weighted by atomic mass is 16.3. The van der Waals surface area contributed by atoms with Gasteiger partial charge in [0.05, 0.1) is 280 Å². The van der Waals surface area contributed by atoms with Crippen LogP contribution in [0.1, 0.15) is 69.9 Å². The van der Waals surface area contributed by atoms with Crippen molar-refractivity contribution in [2.24, 2.45) is 0 Å². The molecule has 31 nitrogen and oxygen atoms in total. The standard InChI is InChI=1S/C15H27N4.C13H21N6O.C13H24N5.C12H22N5.C11H22N5.C10H20N5/c1-19(8-4-2-5-9-19)10-6-3-7-15-14(17)11-13(16)12-18-15;14-11-8-12(15)13(17-9-11)16-2-1-3-18-4-5-19(10-18)6-7-20;1-18(6-3-2-4-7-18)8-5-16-13-12(15)9-11(14)10-17-13;1-17(2,3)10-4-5-16(8-10)12-11(14)6-9(13)7-15-12;1-15(5-6-16(2,3)4)11-10(13)7-9(12)8-14-11;1-15(2,3)5-4-13-10-9(12)6-8(11)7-14-10/h11-12H,2-10,16-17H2,1H3;4-5,8-10,20H,1-3,6-7,14-15H2,(H,16,17);9-10H,2-8,14-15H2,1H3,(H,16,17);6-7,10H,4-5,8,13-14H2,1-3H3;7-8H,5-6,12-13H2,1-4H3;6-7H,4-5,11-12H2,1-3H3,(H,13,14)/q6*+1. The number of nitrogens with one attached hydrogen (secondary N) is 3. The normalized spacial score (nSPS) is 15.3. The number of pyridine rings is 6. The summed E-state index contributed by atoms with van der Waals surface area (Å²) in [6, 6.07) is 11.1. The first-order valence-corrected chi connectivity index (χ1v) is 36.9. The minimum atomic E-state index is 0.151. The van der Waals surface area contributed by atoms with E-state index in [0.29, 0.717) is 86.8 Å². The van der Waals surface area contributed by atoms with Gasteiger partial charge < -0.3 is 122 Å². The van der Waals surface area contributed by atoms with Gasteiger partial charge in [-0.25, -0.2) is 34.1 Å². The van der Waals surface area contributed by atoms with Gasteiger partial charge in [0.2, 0.25) is 6.33 Å². The molecule has 7 aromatic heterocycles. The van der Waals surface area contributed by atoms with Gasteiger partial charge in [0.25, 0.3) is 0 Å². The van der Waals surface area contributed by atoms with Gasteiger partial charge in [0.1, 0.15) is 42.4 Å². The molecule has 582 valence electrons. The van der Waals surface area contributed by atoms with Crippen LogP contribution in [0.15, 0.2) is 92.3 Å². The molecule has 105 heavy (non-hydrogen) atoms. The molecule has 0 amide bonds. The molecule has 0 aliphatic carbocycles. The number of imidazole rings is 1. The van der Waals surface area contributed by atoms with Gasteiger partial charge in [-0.1, -0.05) is 0 Å². The molecule has 7 aromatic rings. The number of piperidine rings is 2. The number of likely N-dealkylation sites (tertiary alicyclic amines) is 2. The van der Waals surface area contributed by atoms with E-state index < -0.39 is 0 Å². The summed E-state index contributed by atoms with van der Waals surface area (Å²) >= 11 is 0. The summed E-state index contributed by atoms with van der Waals surface area (Å²) in [6.45, 7) is 16.8. The smallest absolute Gasteiger partial charge is 0.243 e. The number of unbranched alkanes of at least 4 members (excludes halogenated alkanes) is 1. The number of aromatic nitrogens is 8. The second kappa shape index (κ2) is 41.2. The molecule has 28 N–H and O–H groups in total. The number of nitrogens with zero attached hydrogens (tertiary/aromatic N) is 15. The number of nitrogen functional groups attached to an aromatic ring is 12. The number of anilines is 17. The van der Waals surface area contributed by atoms with Gasteiger partial charge in [-0.3, -0.25) is 4.98 Å². The zero-order chi connectivity index (χ0) is 77.5. The van der Waals surface area contributed by atoms with Crippen LogP contribution in [-0.2, 0) is 19.5 Å². The molecule has 1 atom stereocenters. The summed E-state index contributed by atoms with van der Waals surface area (Å²) in [7, 11) is 26.3. The Kier molecular flexibility index (Phi) is 33.8. The quantitative estimate of drug-likeness (QED) is 0.0200. The molecule has 31 heteroatoms. The van der Waals surface area contributed by atoms with Crippen molar-refractivity contribution in [2.75, 3.05) is 277 Å². The number of nitrogens with two attached hydrogens (primary N) is 12. The SMILES string of the molecule is CN(CC[N+](C)(C)C)c1ncc(N)cc1N.C[N+](C)(C)C1CCN(c2ncc(N)cc2N)C1.C[N+](C)(C)CCNc1ncc(N)cc1N.C[N+]1(CCCCc2ncc(N)cc2N)CCCCC1.C[N+]1(CCNc2ncc(N)cc2N)CCCCC1.Nc1cnc(NCCC[n+]2ccn(CCO)c2)c(N)c1. The highest BCUT2D eigenvalue weighted by molar-refractivity contribution is 5.69. The van der Waals surface area contributed by atoms with E-state index in [1.165, 1.54) is 88.6 Å². The average Bonchev–Trinajstić information content (AvgIpc) is 1.69. The van der Waals surface area contributed by atoms with Crippen LogP contribution < -0.4 is 99.1 Å². The number of aryl methyl sites for hydroxylation is 2. The number of hydrogen-bond donors (Lipinski definition) is 16. The van der Waals surface area contributed by atoms with Gasteiger partial charge >= 0.3 is 0 Å². The van der Waals surface area contributed by atoms with Crippen LogP contribution in [0, 0.1) is 0 Å². The van der Waals surface area contributed by atoms with E-state index in [1.807, 2.05) is 30.3 Å². The summed E-state index contributed by atoms with van der Waals surface area (Å²) < 4.78 is 9.24. The predicted octanol–water partition coefficient (Wildman–Crippen LogP) is 4.60. The maximum absolute atomic E-state index is 8.85. The molecule has 3 fully saturated rings. The minimum Gasteiger partial charge on any atom is -0.397 e. The second-order valence-electron chi connectivity index (χ2n) is 31.6. The molecule has 3 saturated heterocycles. The van der Waals surface area contributed by atoms with E-state index >= 15 is 0 Å². The lowest BCUT2D eigenvalue weighted by atomic mass is 10.1. The topological polar surface area (TPSA) is 461 Å². The van der Waals surface area contributed by atoms with Crippen molar-refractivity contribution in [1.29, 1.82) is 0 Å². The van der Waals surface area contributed by atoms with E-state index in [2.05, 4.69) is 138 Å². The van der Waals surface area contributed by atoms with Crippen LogP contribution in [-0.4, -0.2) is 251 Å². The third kappa shape index (κ3) is 32.2. The highest BCUT2D eigenvalue weighted by Gasteiger charge is 2.34. The molecule has 10 heterocycles. The van der Waals surface area contributed by atoms with Crippen LogP contribution in [0.5, 0.6) is 0 Å². The van der Waals surface area contributed by atoms with Crippen LogP contribution in [0.4, 0.5) is 97.3 Å². The molecule has 1 unspecified atom stereocenters. The lowest BCUT2D eigenvalue weighted by molar-refractivity contribution is -0.914. The first-order chi connectivity index (χ1) is 49.4. The van der Waals surface area contributed by atoms with Crippen molar-refractivity contribution < 1.29 is 32.1 Å². The number of rotatable bonds is 26. The molecule has 0 bridgehead atoms. The first-order valence-electron chi connectivity index (χ1n) is 36.9. The van der Waals surface area contributed by atoms with Crippen molar-refractivity contribution in [2.45, 2.75) is 89.8 Å². The maximum atomic E-state index is 8.85. The number of quaternary nitrogens is 5. The molecule has 0 radical (unpaired) electrons. The predicted molar refractivity (Wildman–Crippen MR) is 440 cm³/mol. The summed E-state index contributed by atoms with van der Waals surface area (Å²) in [5.41, 5.74) is 77.3. The zero-order valence-electron chi connectivity index (χ0n) is 65.6. The fourth-order valence-electron chi connectivity index (χ4n) is 12.4. The summed E-state index contributed by atoms with van der Waals surface area (Å²) in [4.78, 5) is 29.7. The van der Waals surface area contributed by atoms with Crippen LogP contribution in [0.25, 0.3) is 0 Å². The van der Waals surface area contributed by atoms with Crippen molar-refractivity contribution in [3.05, 3.63) is 98.0 Å². The minimum absolute atomic E-state index is 0.151. The monoisotopic (exact) mass is 1460 g/mol. The highest BCUT2D eigenvalue weighted by Crippen LogP contribution is 2.29. The van der Waals surface area contributed by atoms with Gasteiger partial charge in [0, 0.05) is 33.0 Å². The molecule has 0 aromatic carbocycles. The van der Waals surface area contributed by atoms with E-state index in [4.69, 9.17) is 73.9 Å². The van der Waals surface area contributed by atoms with Crippen LogP contribution in [0.3, 0.4) is 0 Å². The Morgan fingerprint density at radius 3 is 1.45 bits per heavy atom. The fraction of sp³-hybridized carbons (Fsp3) is 0.554. The lowest BCUT2D eigenvalue weighted by Gasteiger charge is -2.37. The van der Waals surface area contributed by atoms with Gasteiger partial charge in [-0.15, -0.1) is 0 Å². The Morgan fingerprint density at radius 2 is 0.981 bits per heavy atom. The third-order valence-electron chi connectivity index (χ3n) is 18.9. The largest absolute Gasteiger partial charge is 0.397 e. The van der Waals surface area contributed by atoms with Crippen LogP contribution in [0.2, 0.25) is 0 Å². The summed E-state index contributed by atoms with van der Waals surface area (Å²) in [5.74, 6) is 3.78. The number of aliphatic hydroxyl groups is 1. The third-order valence-corrected chi connectivity index (χ3v) is 18.9. The Hall–Kier alpha value is -9.53. The molecular weight excluding hydrogens is 1330 g/mol. The number of aliphatic hydroxyl groups excluding tert-OH is 1. The molecule has 3 aliphatic rings. The van der Waals surface area contributed by atoms with E-state index in [1.54, 1.807) is 73.6 Å². The van der Waals surface area contributed by atoms with Gasteiger partial charge in [-0.05, 0) is 94.2 Å². The van der Waals surface area contributed by atoms with Crippen molar-refractivity contribution in [1.82, 2.24) is 34.5 Å². The second-order valence-corrected chi connectivity index (χ2v) is 31.6. The number of likely N-dealkylation sites (N-methyl/N-ethyl adjacent to an activating group) is 5. The molecule has 0 saturated carbocycles. The Bertz CT molecular complexity index is 3680.